The van der Waals surface area contributed by atoms with E-state index in [0.29, 0.717) is 11.7 Å². The molecule has 0 radical (unpaired) electrons. The molecule has 2 aromatic carbocycles. The molecule has 2 heterocycles. The molecule has 0 amide bonds. The Morgan fingerprint density at radius 2 is 1.87 bits per heavy atom. The maximum absolute atomic E-state index is 5.74. The Labute approximate surface area is 132 Å². The highest BCUT2D eigenvalue weighted by atomic mass is 16.5. The number of hydrogen-bond acceptors (Lipinski definition) is 5. The van der Waals surface area contributed by atoms with Gasteiger partial charge in [0.1, 0.15) is 5.75 Å². The van der Waals surface area contributed by atoms with Crippen molar-refractivity contribution in [3.05, 3.63) is 72.9 Å². The van der Waals surface area contributed by atoms with Crippen LogP contribution < -0.4 is 4.74 Å². The summed E-state index contributed by atoms with van der Waals surface area (Å²) in [4.78, 5) is 8.36. The van der Waals surface area contributed by atoms with Gasteiger partial charge in [0.25, 0.3) is 5.89 Å². The molecule has 0 unspecified atom stereocenters. The summed E-state index contributed by atoms with van der Waals surface area (Å²) >= 11 is 0. The number of hydrogen-bond donors (Lipinski definition) is 0. The fraction of sp³-hybridized carbons (Fsp3) is 0.0556. The second kappa shape index (κ2) is 5.88. The van der Waals surface area contributed by atoms with Gasteiger partial charge in [-0.15, -0.1) is 0 Å². The summed E-state index contributed by atoms with van der Waals surface area (Å²) < 4.78 is 11.0. The average Bonchev–Trinajstić information content (AvgIpc) is 3.10. The van der Waals surface area contributed by atoms with Gasteiger partial charge in [-0.1, -0.05) is 35.5 Å². The van der Waals surface area contributed by atoms with Gasteiger partial charge in [-0.05, 0) is 35.0 Å². The highest BCUT2D eigenvalue weighted by Gasteiger charge is 2.09. The number of benzene rings is 2. The van der Waals surface area contributed by atoms with Crippen molar-refractivity contribution in [3.63, 3.8) is 0 Å². The largest absolute Gasteiger partial charge is 0.484 e. The lowest BCUT2D eigenvalue weighted by atomic mass is 10.1. The Balaban J connectivity index is 1.49. The van der Waals surface area contributed by atoms with Crippen LogP contribution in [0.4, 0.5) is 0 Å². The van der Waals surface area contributed by atoms with Crippen molar-refractivity contribution in [2.24, 2.45) is 0 Å². The molecule has 4 aromatic rings. The van der Waals surface area contributed by atoms with Crippen LogP contribution in [0.25, 0.3) is 22.2 Å². The Bertz CT molecular complexity index is 935. The van der Waals surface area contributed by atoms with E-state index in [-0.39, 0.29) is 6.61 Å². The van der Waals surface area contributed by atoms with Gasteiger partial charge in [0.05, 0.1) is 0 Å². The summed E-state index contributed by atoms with van der Waals surface area (Å²) in [6.07, 6.45) is 3.39. The lowest BCUT2D eigenvalue weighted by molar-refractivity contribution is 0.243. The molecule has 4 rings (SSSR count). The van der Waals surface area contributed by atoms with E-state index in [9.17, 15) is 0 Å². The first-order valence-electron chi connectivity index (χ1n) is 7.23. The van der Waals surface area contributed by atoms with E-state index in [4.69, 9.17) is 9.26 Å². The van der Waals surface area contributed by atoms with Crippen molar-refractivity contribution < 1.29 is 9.26 Å². The van der Waals surface area contributed by atoms with Crippen molar-refractivity contribution in [1.82, 2.24) is 15.1 Å². The molecule has 0 atom stereocenters. The smallest absolute Gasteiger partial charge is 0.264 e. The van der Waals surface area contributed by atoms with Crippen LogP contribution >= 0.6 is 0 Å². The second-order valence-corrected chi connectivity index (χ2v) is 5.05. The molecule has 5 nitrogen and oxygen atoms in total. The summed E-state index contributed by atoms with van der Waals surface area (Å²) in [6.45, 7) is 0.228. The molecular weight excluding hydrogens is 290 g/mol. The summed E-state index contributed by atoms with van der Waals surface area (Å²) in [6, 6.07) is 17.8. The maximum atomic E-state index is 5.74. The van der Waals surface area contributed by atoms with Crippen LogP contribution in [0.2, 0.25) is 0 Å². The van der Waals surface area contributed by atoms with Gasteiger partial charge in [-0.25, -0.2) is 0 Å². The molecule has 0 fully saturated rings. The highest BCUT2D eigenvalue weighted by Crippen LogP contribution is 2.21. The van der Waals surface area contributed by atoms with Gasteiger partial charge in [0.15, 0.2) is 6.61 Å². The number of pyridine rings is 1. The van der Waals surface area contributed by atoms with E-state index < -0.39 is 0 Å². The Kier molecular flexibility index (Phi) is 3.44. The summed E-state index contributed by atoms with van der Waals surface area (Å²) in [5.74, 6) is 1.71. The minimum Gasteiger partial charge on any atom is -0.484 e. The number of nitrogens with zero attached hydrogens (tertiary/aromatic N) is 3. The van der Waals surface area contributed by atoms with Crippen molar-refractivity contribution in [1.29, 1.82) is 0 Å². The lowest BCUT2D eigenvalue weighted by Crippen LogP contribution is -1.95. The van der Waals surface area contributed by atoms with E-state index in [1.54, 1.807) is 12.4 Å². The molecule has 112 valence electrons. The molecule has 0 aliphatic heterocycles. The van der Waals surface area contributed by atoms with Crippen molar-refractivity contribution >= 4 is 10.8 Å². The molecule has 2 aromatic heterocycles. The predicted molar refractivity (Wildman–Crippen MR) is 85.8 cm³/mol. The van der Waals surface area contributed by atoms with Gasteiger partial charge in [0, 0.05) is 18.0 Å². The third-order valence-electron chi connectivity index (χ3n) is 3.47. The van der Waals surface area contributed by atoms with Crippen LogP contribution in [0.3, 0.4) is 0 Å². The van der Waals surface area contributed by atoms with Crippen LogP contribution in [0.1, 0.15) is 5.89 Å². The van der Waals surface area contributed by atoms with Gasteiger partial charge in [0.2, 0.25) is 5.82 Å². The zero-order chi connectivity index (χ0) is 15.5. The van der Waals surface area contributed by atoms with Crippen LogP contribution in [0.15, 0.2) is 71.5 Å². The topological polar surface area (TPSA) is 61.0 Å². The Morgan fingerprint density at radius 3 is 2.74 bits per heavy atom. The van der Waals surface area contributed by atoms with Gasteiger partial charge in [-0.2, -0.15) is 4.98 Å². The third-order valence-corrected chi connectivity index (χ3v) is 3.47. The molecule has 23 heavy (non-hydrogen) atoms. The van der Waals surface area contributed by atoms with Crippen molar-refractivity contribution in [2.45, 2.75) is 6.61 Å². The first-order valence-corrected chi connectivity index (χ1v) is 7.23. The quantitative estimate of drug-likeness (QED) is 0.573. The molecule has 0 bridgehead atoms. The normalized spacial score (nSPS) is 10.8. The molecule has 0 aliphatic rings. The first kappa shape index (κ1) is 13.5. The summed E-state index contributed by atoms with van der Waals surface area (Å²) in [5.41, 5.74) is 0.813. The van der Waals surface area contributed by atoms with Crippen LogP contribution in [-0.4, -0.2) is 15.1 Å². The van der Waals surface area contributed by atoms with Gasteiger partial charge in [-0.3, -0.25) is 4.98 Å². The third kappa shape index (κ3) is 2.89. The minimum absolute atomic E-state index is 0.228. The summed E-state index contributed by atoms with van der Waals surface area (Å²) in [7, 11) is 0. The number of aromatic nitrogens is 3. The Morgan fingerprint density at radius 1 is 0.957 bits per heavy atom. The van der Waals surface area contributed by atoms with E-state index in [1.165, 1.54) is 5.39 Å². The second-order valence-electron chi connectivity index (χ2n) is 5.05. The highest BCUT2D eigenvalue weighted by molar-refractivity contribution is 5.83. The molecule has 0 N–H and O–H groups in total. The fourth-order valence-electron chi connectivity index (χ4n) is 2.33. The first-order chi connectivity index (χ1) is 11.4. The van der Waals surface area contributed by atoms with E-state index in [0.717, 1.165) is 16.7 Å². The molecule has 0 saturated heterocycles. The maximum Gasteiger partial charge on any atom is 0.264 e. The van der Waals surface area contributed by atoms with Gasteiger partial charge >= 0.3 is 0 Å². The molecule has 0 spiro atoms. The number of rotatable bonds is 4. The van der Waals surface area contributed by atoms with Crippen LogP contribution in [-0.2, 0) is 6.61 Å². The predicted octanol–water partition coefficient (Wildman–Crippen LogP) is 3.86. The summed E-state index contributed by atoms with van der Waals surface area (Å²) in [5, 5.41) is 6.25. The zero-order valence-corrected chi connectivity index (χ0v) is 12.2. The number of fused-ring (bicyclic) bond motifs is 1. The standard InChI is InChI=1S/C18H13N3O2/c1-2-5-14-10-16(8-7-13(14)4-1)22-12-17-20-18(21-23-17)15-6-3-9-19-11-15/h1-11H,12H2. The molecule has 0 aliphatic carbocycles. The monoisotopic (exact) mass is 303 g/mol. The van der Waals surface area contributed by atoms with Crippen LogP contribution in [0, 0.1) is 0 Å². The minimum atomic E-state index is 0.228. The molecular formula is C18H13N3O2. The Hall–Kier alpha value is -3.21. The fourth-order valence-corrected chi connectivity index (χ4v) is 2.33. The van der Waals surface area contributed by atoms with Crippen molar-refractivity contribution in [3.8, 4) is 17.1 Å². The van der Waals surface area contributed by atoms with Crippen molar-refractivity contribution in [2.75, 3.05) is 0 Å². The van der Waals surface area contributed by atoms with E-state index in [1.807, 2.05) is 42.5 Å². The molecule has 5 heteroatoms. The zero-order valence-electron chi connectivity index (χ0n) is 12.2. The SMILES string of the molecule is c1cncc(-c2noc(COc3ccc4ccccc4c3)n2)c1. The van der Waals surface area contributed by atoms with E-state index >= 15 is 0 Å². The number of ether oxygens (including phenoxy) is 1. The van der Waals surface area contributed by atoms with Gasteiger partial charge < -0.3 is 9.26 Å². The van der Waals surface area contributed by atoms with E-state index in [2.05, 4.69) is 27.3 Å². The average molecular weight is 303 g/mol. The lowest BCUT2D eigenvalue weighted by Gasteiger charge is -2.04. The molecule has 0 saturated carbocycles. The van der Waals surface area contributed by atoms with Crippen LogP contribution in [0.5, 0.6) is 5.75 Å².